The minimum Gasteiger partial charge on any atom is -0.481 e. The summed E-state index contributed by atoms with van der Waals surface area (Å²) < 4.78 is 23.6. The molecule has 1 N–H and O–H groups in total. The van der Waals surface area contributed by atoms with Crippen molar-refractivity contribution in [3.05, 3.63) is 40.7 Å². The van der Waals surface area contributed by atoms with E-state index in [1.165, 1.54) is 24.5 Å². The Labute approximate surface area is 160 Å². The Morgan fingerprint density at radius 1 is 1.29 bits per heavy atom. The second kappa shape index (κ2) is 7.50. The van der Waals surface area contributed by atoms with E-state index in [0.29, 0.717) is 31.5 Å². The van der Waals surface area contributed by atoms with E-state index in [-0.39, 0.29) is 22.1 Å². The van der Waals surface area contributed by atoms with Crippen LogP contribution in [0.2, 0.25) is 0 Å². The van der Waals surface area contributed by atoms with Gasteiger partial charge in [0.2, 0.25) is 5.82 Å². The van der Waals surface area contributed by atoms with Gasteiger partial charge in [-0.2, -0.15) is 0 Å². The number of aromatic nitrogens is 2. The highest BCUT2D eigenvalue weighted by molar-refractivity contribution is 7.90. The number of carboxylic acids is 1. The van der Waals surface area contributed by atoms with E-state index in [4.69, 9.17) is 5.11 Å². The average Bonchev–Trinajstić information content (AvgIpc) is 2.67. The van der Waals surface area contributed by atoms with Crippen molar-refractivity contribution in [3.63, 3.8) is 0 Å². The van der Waals surface area contributed by atoms with Gasteiger partial charge in [0.25, 0.3) is 0 Å². The normalized spacial score (nSPS) is 15.4. The Kier molecular flexibility index (Phi) is 5.27. The van der Waals surface area contributed by atoms with Crippen molar-refractivity contribution in [2.75, 3.05) is 24.2 Å². The molecule has 1 fully saturated rings. The summed E-state index contributed by atoms with van der Waals surface area (Å²) in [6.45, 7) is 0.634. The molecule has 10 nitrogen and oxygen atoms in total. The lowest BCUT2D eigenvalue weighted by Crippen LogP contribution is -2.37. The molecular weight excluding hydrogens is 388 g/mol. The van der Waals surface area contributed by atoms with E-state index >= 15 is 0 Å². The Morgan fingerprint density at radius 2 is 1.96 bits per heavy atom. The van der Waals surface area contributed by atoms with Crippen LogP contribution in [0.25, 0.3) is 11.3 Å². The summed E-state index contributed by atoms with van der Waals surface area (Å²) >= 11 is 0. The molecule has 0 bridgehead atoms. The minimum atomic E-state index is -3.49. The molecule has 2 aromatic rings. The van der Waals surface area contributed by atoms with Crippen LogP contribution in [0.5, 0.6) is 0 Å². The molecule has 11 heteroatoms. The Morgan fingerprint density at radius 3 is 2.54 bits per heavy atom. The largest absolute Gasteiger partial charge is 0.481 e. The molecule has 3 rings (SSSR count). The number of nitrogens with zero attached hydrogens (tertiary/aromatic N) is 4. The standard InChI is InChI=1S/C17H18N4O6S/c1-28(26,27)13-4-2-3-12(9-13)14-15(21(24)25)16(19-10-18-14)20-7-5-11(6-8-20)17(22)23/h2-4,9-11H,5-8H2,1H3,(H,22,23). The SMILES string of the molecule is CS(=O)(=O)c1cccc(-c2ncnc(N3CCC(C(=O)O)CC3)c2[N+](=O)[O-])c1. The summed E-state index contributed by atoms with van der Waals surface area (Å²) in [5.41, 5.74) is -0.0264. The van der Waals surface area contributed by atoms with Crippen LogP contribution in [0.4, 0.5) is 11.5 Å². The highest BCUT2D eigenvalue weighted by Gasteiger charge is 2.32. The van der Waals surface area contributed by atoms with Gasteiger partial charge in [0.1, 0.15) is 6.33 Å². The van der Waals surface area contributed by atoms with E-state index in [1.807, 2.05) is 0 Å². The molecule has 0 spiro atoms. The smallest absolute Gasteiger partial charge is 0.337 e. The third-order valence-corrected chi connectivity index (χ3v) is 5.78. The van der Waals surface area contributed by atoms with Crippen LogP contribution < -0.4 is 4.90 Å². The fraction of sp³-hybridized carbons (Fsp3) is 0.353. The first kappa shape index (κ1) is 19.7. The van der Waals surface area contributed by atoms with Gasteiger partial charge >= 0.3 is 11.7 Å². The quantitative estimate of drug-likeness (QED) is 0.580. The van der Waals surface area contributed by atoms with Crippen LogP contribution in [0.3, 0.4) is 0 Å². The summed E-state index contributed by atoms with van der Waals surface area (Å²) in [7, 11) is -3.49. The molecule has 0 aliphatic carbocycles. The third kappa shape index (κ3) is 3.93. The van der Waals surface area contributed by atoms with Crippen LogP contribution in [0.1, 0.15) is 12.8 Å². The Balaban J connectivity index is 2.04. The molecule has 1 aliphatic heterocycles. The third-order valence-electron chi connectivity index (χ3n) is 4.66. The maximum absolute atomic E-state index is 11.8. The second-order valence-corrected chi connectivity index (χ2v) is 8.57. The zero-order valence-electron chi connectivity index (χ0n) is 15.0. The molecule has 0 unspecified atom stereocenters. The van der Waals surface area contributed by atoms with E-state index in [1.54, 1.807) is 11.0 Å². The monoisotopic (exact) mass is 406 g/mol. The molecule has 1 aromatic heterocycles. The van der Waals surface area contributed by atoms with Crippen molar-refractivity contribution in [1.29, 1.82) is 0 Å². The number of carboxylic acid groups (broad SMARTS) is 1. The van der Waals surface area contributed by atoms with Gasteiger partial charge < -0.3 is 10.0 Å². The van der Waals surface area contributed by atoms with E-state index in [9.17, 15) is 23.3 Å². The van der Waals surface area contributed by atoms with Gasteiger partial charge in [-0.1, -0.05) is 12.1 Å². The van der Waals surface area contributed by atoms with Crippen LogP contribution >= 0.6 is 0 Å². The van der Waals surface area contributed by atoms with Crippen molar-refractivity contribution >= 4 is 27.3 Å². The van der Waals surface area contributed by atoms with Crippen LogP contribution in [0.15, 0.2) is 35.5 Å². The van der Waals surface area contributed by atoms with Crippen molar-refractivity contribution in [3.8, 4) is 11.3 Å². The van der Waals surface area contributed by atoms with Gasteiger partial charge in [0, 0.05) is 24.9 Å². The number of carbonyl (C=O) groups is 1. The molecule has 28 heavy (non-hydrogen) atoms. The summed E-state index contributed by atoms with van der Waals surface area (Å²) in [5.74, 6) is -1.26. The number of nitro groups is 1. The van der Waals surface area contributed by atoms with Crippen molar-refractivity contribution < 1.29 is 23.2 Å². The number of hydrogen-bond acceptors (Lipinski definition) is 8. The number of hydrogen-bond donors (Lipinski definition) is 1. The molecule has 2 heterocycles. The topological polar surface area (TPSA) is 144 Å². The van der Waals surface area contributed by atoms with Gasteiger partial charge in [-0.3, -0.25) is 14.9 Å². The maximum atomic E-state index is 11.8. The zero-order chi connectivity index (χ0) is 20.5. The Hall–Kier alpha value is -3.08. The fourth-order valence-electron chi connectivity index (χ4n) is 3.19. The molecule has 0 radical (unpaired) electrons. The van der Waals surface area contributed by atoms with E-state index < -0.39 is 26.6 Å². The number of anilines is 1. The molecular formula is C17H18N4O6S. The zero-order valence-corrected chi connectivity index (χ0v) is 15.8. The fourth-order valence-corrected chi connectivity index (χ4v) is 3.86. The Bertz CT molecular complexity index is 1030. The predicted molar refractivity (Wildman–Crippen MR) is 99.8 cm³/mol. The molecule has 0 atom stereocenters. The predicted octanol–water partition coefficient (Wildman–Crippen LogP) is 1.76. The molecule has 0 amide bonds. The lowest BCUT2D eigenvalue weighted by atomic mass is 9.97. The van der Waals surface area contributed by atoms with Gasteiger partial charge in [0.15, 0.2) is 15.5 Å². The van der Waals surface area contributed by atoms with Gasteiger partial charge in [0.05, 0.1) is 15.7 Å². The van der Waals surface area contributed by atoms with Crippen molar-refractivity contribution in [1.82, 2.24) is 9.97 Å². The average molecular weight is 406 g/mol. The van der Waals surface area contributed by atoms with Gasteiger partial charge in [-0.25, -0.2) is 18.4 Å². The first-order chi connectivity index (χ1) is 13.2. The lowest BCUT2D eigenvalue weighted by molar-refractivity contribution is -0.383. The number of sulfone groups is 1. The molecule has 1 saturated heterocycles. The number of aliphatic carboxylic acids is 1. The summed E-state index contributed by atoms with van der Waals surface area (Å²) in [5, 5.41) is 20.9. The molecule has 1 aliphatic rings. The van der Waals surface area contributed by atoms with Gasteiger partial charge in [-0.05, 0) is 25.0 Å². The molecule has 1 aromatic carbocycles. The van der Waals surface area contributed by atoms with E-state index in [0.717, 1.165) is 6.26 Å². The highest BCUT2D eigenvalue weighted by Crippen LogP contribution is 2.37. The van der Waals surface area contributed by atoms with Crippen LogP contribution in [0, 0.1) is 16.0 Å². The summed E-state index contributed by atoms with van der Waals surface area (Å²) in [6, 6.07) is 5.79. The second-order valence-electron chi connectivity index (χ2n) is 6.55. The number of benzene rings is 1. The van der Waals surface area contributed by atoms with Crippen LogP contribution in [-0.2, 0) is 14.6 Å². The first-order valence-electron chi connectivity index (χ1n) is 8.46. The lowest BCUT2D eigenvalue weighted by Gasteiger charge is -2.30. The summed E-state index contributed by atoms with van der Waals surface area (Å²) in [6.07, 6.45) is 2.96. The summed E-state index contributed by atoms with van der Waals surface area (Å²) in [4.78, 5) is 32.1. The number of rotatable bonds is 5. The number of piperidine rings is 1. The molecule has 148 valence electrons. The van der Waals surface area contributed by atoms with E-state index in [2.05, 4.69) is 9.97 Å². The highest BCUT2D eigenvalue weighted by atomic mass is 32.2. The minimum absolute atomic E-state index is 0.0147. The molecule has 0 saturated carbocycles. The van der Waals surface area contributed by atoms with Crippen molar-refractivity contribution in [2.24, 2.45) is 5.92 Å². The maximum Gasteiger partial charge on any atom is 0.337 e. The van der Waals surface area contributed by atoms with Crippen LogP contribution in [-0.4, -0.2) is 53.7 Å². The first-order valence-corrected chi connectivity index (χ1v) is 10.3. The van der Waals surface area contributed by atoms with Gasteiger partial charge in [-0.15, -0.1) is 0 Å². The van der Waals surface area contributed by atoms with Crippen molar-refractivity contribution in [2.45, 2.75) is 17.7 Å².